The van der Waals surface area contributed by atoms with Gasteiger partial charge in [0.25, 0.3) is 5.92 Å². The molecule has 0 amide bonds. The fourth-order valence-corrected chi connectivity index (χ4v) is 2.76. The normalized spacial score (nSPS) is 25.5. The Morgan fingerprint density at radius 2 is 2.00 bits per heavy atom. The van der Waals surface area contributed by atoms with Crippen LogP contribution in [0, 0.1) is 5.92 Å². The Bertz CT molecular complexity index is 394. The van der Waals surface area contributed by atoms with Crippen molar-refractivity contribution in [3.8, 4) is 0 Å². The van der Waals surface area contributed by atoms with Crippen LogP contribution in [0.15, 0.2) is 30.3 Å². The Kier molecular flexibility index (Phi) is 4.53. The van der Waals surface area contributed by atoms with E-state index in [0.29, 0.717) is 19.0 Å². The Balaban J connectivity index is 2.01. The van der Waals surface area contributed by atoms with Gasteiger partial charge in [-0.05, 0) is 18.9 Å². The van der Waals surface area contributed by atoms with E-state index in [1.54, 1.807) is 18.2 Å². The maximum atomic E-state index is 14.2. The molecular weight excluding hydrogens is 246 g/mol. The van der Waals surface area contributed by atoms with Crippen LogP contribution in [0.5, 0.6) is 0 Å². The Hall–Kier alpha value is -1.00. The van der Waals surface area contributed by atoms with Gasteiger partial charge in [0, 0.05) is 18.2 Å². The number of hydrogen-bond donors (Lipinski definition) is 1. The molecule has 2 rings (SSSR count). The second-order valence-electron chi connectivity index (χ2n) is 5.43. The molecule has 0 aromatic heterocycles. The van der Waals surface area contributed by atoms with Crippen LogP contribution in [-0.4, -0.2) is 30.6 Å². The highest BCUT2D eigenvalue weighted by atomic mass is 19.3. The molecule has 2 N–H and O–H groups in total. The van der Waals surface area contributed by atoms with Crippen molar-refractivity contribution in [3.63, 3.8) is 0 Å². The number of hydrogen-bond acceptors (Lipinski definition) is 2. The molecule has 0 radical (unpaired) electrons. The van der Waals surface area contributed by atoms with E-state index in [9.17, 15) is 8.78 Å². The molecule has 0 aliphatic carbocycles. The molecule has 1 aromatic rings. The smallest absolute Gasteiger partial charge is 0.285 e. The lowest BCUT2D eigenvalue weighted by atomic mass is 9.90. The zero-order valence-corrected chi connectivity index (χ0v) is 11.4. The summed E-state index contributed by atoms with van der Waals surface area (Å²) in [5, 5.41) is 0. The largest absolute Gasteiger partial charge is 0.327 e. The van der Waals surface area contributed by atoms with Gasteiger partial charge in [0.2, 0.25) is 0 Å². The molecule has 1 heterocycles. The average molecular weight is 268 g/mol. The molecule has 0 spiro atoms. The third-order valence-electron chi connectivity index (χ3n) is 4.02. The number of nitrogens with two attached hydrogens (primary N) is 1. The Morgan fingerprint density at radius 1 is 1.32 bits per heavy atom. The number of alkyl halides is 2. The lowest BCUT2D eigenvalue weighted by molar-refractivity contribution is -0.0481. The highest BCUT2D eigenvalue weighted by molar-refractivity contribution is 5.20. The number of piperidine rings is 1. The molecule has 1 aliphatic heterocycles. The van der Waals surface area contributed by atoms with Crippen LogP contribution in [0.2, 0.25) is 0 Å². The summed E-state index contributed by atoms with van der Waals surface area (Å²) in [5.41, 5.74) is 6.11. The molecular formula is C15H22F2N2. The number of halogens is 2. The first kappa shape index (κ1) is 14.4. The van der Waals surface area contributed by atoms with Gasteiger partial charge in [-0.3, -0.25) is 4.90 Å². The van der Waals surface area contributed by atoms with E-state index in [1.807, 2.05) is 4.90 Å². The maximum Gasteiger partial charge on any atom is 0.285 e. The van der Waals surface area contributed by atoms with E-state index in [-0.39, 0.29) is 18.2 Å². The average Bonchev–Trinajstić information content (AvgIpc) is 2.42. The highest BCUT2D eigenvalue weighted by Gasteiger charge is 2.36. The van der Waals surface area contributed by atoms with Crippen molar-refractivity contribution in [2.75, 3.05) is 19.6 Å². The van der Waals surface area contributed by atoms with Gasteiger partial charge in [-0.25, -0.2) is 0 Å². The number of rotatable bonds is 4. The summed E-state index contributed by atoms with van der Waals surface area (Å²) in [5.74, 6) is -2.46. The van der Waals surface area contributed by atoms with Crippen molar-refractivity contribution in [1.29, 1.82) is 0 Å². The number of nitrogens with zero attached hydrogens (tertiary/aromatic N) is 1. The molecule has 4 heteroatoms. The van der Waals surface area contributed by atoms with Gasteiger partial charge in [-0.15, -0.1) is 0 Å². The first-order valence-corrected chi connectivity index (χ1v) is 6.94. The lowest BCUT2D eigenvalue weighted by Gasteiger charge is -2.38. The van der Waals surface area contributed by atoms with Crippen molar-refractivity contribution < 1.29 is 8.78 Å². The van der Waals surface area contributed by atoms with Crippen LogP contribution in [0.3, 0.4) is 0 Å². The minimum Gasteiger partial charge on any atom is -0.327 e. The molecule has 2 nitrogen and oxygen atoms in total. The predicted molar refractivity (Wildman–Crippen MR) is 73.1 cm³/mol. The van der Waals surface area contributed by atoms with E-state index >= 15 is 0 Å². The summed E-state index contributed by atoms with van der Waals surface area (Å²) in [6, 6.07) is 8.22. The molecule has 1 saturated heterocycles. The highest BCUT2D eigenvalue weighted by Crippen LogP contribution is 2.30. The molecule has 0 bridgehead atoms. The molecule has 2 unspecified atom stereocenters. The minimum atomic E-state index is -2.79. The molecule has 106 valence electrons. The topological polar surface area (TPSA) is 29.3 Å². The van der Waals surface area contributed by atoms with Crippen LogP contribution < -0.4 is 5.73 Å². The van der Waals surface area contributed by atoms with Gasteiger partial charge in [-0.1, -0.05) is 43.7 Å². The van der Waals surface area contributed by atoms with Crippen molar-refractivity contribution in [3.05, 3.63) is 35.9 Å². The van der Waals surface area contributed by atoms with Crippen LogP contribution in [0.25, 0.3) is 0 Å². The number of benzene rings is 1. The summed E-state index contributed by atoms with van der Waals surface area (Å²) in [7, 11) is 0. The Labute approximate surface area is 113 Å². The maximum absolute atomic E-state index is 14.2. The summed E-state index contributed by atoms with van der Waals surface area (Å²) in [4.78, 5) is 1.85. The van der Waals surface area contributed by atoms with Crippen molar-refractivity contribution in [2.24, 2.45) is 11.7 Å². The molecule has 2 atom stereocenters. The van der Waals surface area contributed by atoms with Crippen LogP contribution in [0.1, 0.15) is 25.3 Å². The van der Waals surface area contributed by atoms with E-state index in [1.165, 1.54) is 12.1 Å². The lowest BCUT2D eigenvalue weighted by Crippen LogP contribution is -2.49. The summed E-state index contributed by atoms with van der Waals surface area (Å²) < 4.78 is 28.4. The van der Waals surface area contributed by atoms with E-state index in [2.05, 4.69) is 6.92 Å². The van der Waals surface area contributed by atoms with Crippen molar-refractivity contribution in [2.45, 2.75) is 31.7 Å². The standard InChI is InChI=1S/C15H22F2N2/c1-2-12-10-19(9-8-14(12)18)11-15(16,17)13-6-4-3-5-7-13/h3-7,12,14H,2,8-11,18H2,1H3. The summed E-state index contributed by atoms with van der Waals surface area (Å²) in [6.07, 6.45) is 1.76. The number of likely N-dealkylation sites (tertiary alicyclic amines) is 1. The molecule has 1 aliphatic rings. The molecule has 19 heavy (non-hydrogen) atoms. The monoisotopic (exact) mass is 268 g/mol. The predicted octanol–water partition coefficient (Wildman–Crippen LogP) is 2.84. The van der Waals surface area contributed by atoms with Gasteiger partial charge in [-0.2, -0.15) is 8.78 Å². The second-order valence-corrected chi connectivity index (χ2v) is 5.43. The molecule has 1 aromatic carbocycles. The summed E-state index contributed by atoms with van der Waals surface area (Å²) in [6.45, 7) is 3.21. The van der Waals surface area contributed by atoms with Crippen LogP contribution in [0.4, 0.5) is 8.78 Å². The van der Waals surface area contributed by atoms with Crippen LogP contribution >= 0.6 is 0 Å². The second kappa shape index (κ2) is 5.97. The first-order valence-electron chi connectivity index (χ1n) is 6.94. The van der Waals surface area contributed by atoms with Gasteiger partial charge in [0.15, 0.2) is 0 Å². The molecule has 1 fully saturated rings. The van der Waals surface area contributed by atoms with E-state index in [0.717, 1.165) is 12.8 Å². The van der Waals surface area contributed by atoms with Gasteiger partial charge >= 0.3 is 0 Å². The quantitative estimate of drug-likeness (QED) is 0.910. The van der Waals surface area contributed by atoms with Gasteiger partial charge < -0.3 is 5.73 Å². The van der Waals surface area contributed by atoms with Crippen molar-refractivity contribution in [1.82, 2.24) is 4.90 Å². The van der Waals surface area contributed by atoms with E-state index in [4.69, 9.17) is 5.73 Å². The third-order valence-corrected chi connectivity index (χ3v) is 4.02. The first-order chi connectivity index (χ1) is 9.03. The minimum absolute atomic E-state index is 0.0953. The Morgan fingerprint density at radius 3 is 2.63 bits per heavy atom. The third kappa shape index (κ3) is 3.51. The van der Waals surface area contributed by atoms with Gasteiger partial charge in [0.05, 0.1) is 6.54 Å². The zero-order valence-electron chi connectivity index (χ0n) is 11.4. The van der Waals surface area contributed by atoms with E-state index < -0.39 is 5.92 Å². The SMILES string of the molecule is CCC1CN(CC(F)(F)c2ccccc2)CCC1N. The summed E-state index contributed by atoms with van der Waals surface area (Å²) >= 11 is 0. The zero-order chi connectivity index (χ0) is 13.9. The van der Waals surface area contributed by atoms with Crippen molar-refractivity contribution >= 4 is 0 Å². The van der Waals surface area contributed by atoms with Gasteiger partial charge in [0.1, 0.15) is 0 Å². The molecule has 0 saturated carbocycles. The van der Waals surface area contributed by atoms with Crippen LogP contribution in [-0.2, 0) is 5.92 Å². The fraction of sp³-hybridized carbons (Fsp3) is 0.600. The fourth-order valence-electron chi connectivity index (χ4n) is 2.76.